The van der Waals surface area contributed by atoms with E-state index in [0.717, 1.165) is 32.1 Å². The second kappa shape index (κ2) is 14.2. The maximum absolute atomic E-state index is 2.55. The topological polar surface area (TPSA) is 0 Å². The van der Waals surface area contributed by atoms with Gasteiger partial charge in [-0.05, 0) is 154 Å². The maximum Gasteiger partial charge on any atom is 0.0379 e. The third-order valence-electron chi connectivity index (χ3n) is 13.0. The van der Waals surface area contributed by atoms with Crippen LogP contribution in [0.5, 0.6) is 0 Å². The first-order chi connectivity index (χ1) is 29.3. The quantitative estimate of drug-likeness (QED) is 0.157. The van der Waals surface area contributed by atoms with Crippen LogP contribution >= 0.6 is 11.8 Å². The average molecular weight is 771 g/mol. The van der Waals surface area contributed by atoms with Gasteiger partial charge in [-0.15, -0.1) is 11.8 Å². The van der Waals surface area contributed by atoms with Gasteiger partial charge < -0.3 is 0 Å². The number of allylic oxidation sites excluding steroid dienone is 5. The Kier molecular flexibility index (Phi) is 8.30. The molecule has 0 fully saturated rings. The van der Waals surface area contributed by atoms with Crippen molar-refractivity contribution >= 4 is 88.3 Å². The highest BCUT2D eigenvalue weighted by Gasteiger charge is 2.27. The zero-order valence-corrected chi connectivity index (χ0v) is 33.7. The molecule has 0 saturated carbocycles. The van der Waals surface area contributed by atoms with Gasteiger partial charge in [0, 0.05) is 15.7 Å². The molecule has 0 nitrogen and oxygen atoms in total. The van der Waals surface area contributed by atoms with Gasteiger partial charge in [-0.2, -0.15) is 0 Å². The van der Waals surface area contributed by atoms with Gasteiger partial charge in [0.25, 0.3) is 0 Å². The molecule has 0 bridgehead atoms. The molecule has 0 aromatic heterocycles. The van der Waals surface area contributed by atoms with Crippen molar-refractivity contribution in [2.75, 3.05) is 0 Å². The number of hydrogen-bond donors (Lipinski definition) is 0. The van der Waals surface area contributed by atoms with Gasteiger partial charge in [-0.1, -0.05) is 170 Å². The molecule has 0 radical (unpaired) electrons. The Hall–Kier alpha value is -6.41. The SMILES string of the molecule is C1=CCCC(c2c3c(c(C4=CCC(c5ccc6c(-c7ccc8ccccc8c7)c7ccccc7c(-c7ccc8ccccc8c7)c6c5)S4)c4ccccc24)=CCCC=3)=C1. The average Bonchev–Trinajstić information content (AvgIpc) is 3.79. The minimum atomic E-state index is 0.322. The Morgan fingerprint density at radius 3 is 1.59 bits per heavy atom. The molecule has 1 heteroatoms. The molecule has 1 unspecified atom stereocenters. The molecule has 0 amide bonds. The van der Waals surface area contributed by atoms with E-state index in [0.29, 0.717) is 5.25 Å². The van der Waals surface area contributed by atoms with Gasteiger partial charge in [0.2, 0.25) is 0 Å². The minimum Gasteiger partial charge on any atom is -0.117 e. The van der Waals surface area contributed by atoms with E-state index in [1.54, 1.807) is 0 Å². The second-order valence-electron chi connectivity index (χ2n) is 16.4. The summed E-state index contributed by atoms with van der Waals surface area (Å²) in [6.07, 6.45) is 19.9. The number of thioether (sulfide) groups is 1. The Morgan fingerprint density at radius 2 is 0.966 bits per heavy atom. The second-order valence-corrected chi connectivity index (χ2v) is 17.6. The summed E-state index contributed by atoms with van der Waals surface area (Å²) in [4.78, 5) is 1.42. The summed E-state index contributed by atoms with van der Waals surface area (Å²) in [5.74, 6) is 0. The van der Waals surface area contributed by atoms with Crippen LogP contribution in [0.3, 0.4) is 0 Å². The molecule has 9 aromatic carbocycles. The summed E-state index contributed by atoms with van der Waals surface area (Å²) >= 11 is 2.07. The Labute approximate surface area is 349 Å². The van der Waals surface area contributed by atoms with Crippen molar-refractivity contribution in [1.29, 1.82) is 0 Å². The molecule has 1 aliphatic heterocycles. The maximum atomic E-state index is 2.55. The van der Waals surface area contributed by atoms with Gasteiger partial charge in [-0.25, -0.2) is 0 Å². The van der Waals surface area contributed by atoms with Crippen molar-refractivity contribution in [2.45, 2.75) is 37.4 Å². The predicted octanol–water partition coefficient (Wildman–Crippen LogP) is 15.1. The third-order valence-corrected chi connectivity index (χ3v) is 14.4. The van der Waals surface area contributed by atoms with Gasteiger partial charge in [0.05, 0.1) is 0 Å². The van der Waals surface area contributed by atoms with Crippen LogP contribution in [0.4, 0.5) is 0 Å². The Balaban J connectivity index is 1.04. The van der Waals surface area contributed by atoms with Gasteiger partial charge >= 0.3 is 0 Å². The standard InChI is InChI=1S/C58H42S/c1-2-16-39(17-3-1)55-47-22-10-12-24-49(47)58(50-25-13-11-23-48(50)55)54-33-32-53(59-54)42-30-31-51-52(36-42)57(44-29-27-38-15-5-7-19-41(38)35-44)46-21-9-8-20-45(46)56(51)43-28-26-37-14-4-6-18-40(37)34-43/h1-2,4-10,12,14-16,18-31,33-36,53H,3,11,13,17,32H2. The highest BCUT2D eigenvalue weighted by molar-refractivity contribution is 8.08. The van der Waals surface area contributed by atoms with Crippen molar-refractivity contribution in [2.24, 2.45) is 0 Å². The molecule has 2 aliphatic carbocycles. The molecule has 0 N–H and O–H groups in total. The van der Waals surface area contributed by atoms with Crippen molar-refractivity contribution in [3.63, 3.8) is 0 Å². The number of hydrogen-bond acceptors (Lipinski definition) is 1. The lowest BCUT2D eigenvalue weighted by Crippen LogP contribution is -2.34. The molecule has 3 aliphatic rings. The fourth-order valence-electron chi connectivity index (χ4n) is 10.3. The monoisotopic (exact) mass is 770 g/mol. The Morgan fingerprint density at radius 1 is 0.424 bits per heavy atom. The largest absolute Gasteiger partial charge is 0.117 e. The molecule has 1 atom stereocenters. The summed E-state index contributed by atoms with van der Waals surface area (Å²) < 4.78 is 0. The molecular formula is C58H42S. The van der Waals surface area contributed by atoms with Crippen LogP contribution < -0.4 is 10.4 Å². The molecule has 280 valence electrons. The first kappa shape index (κ1) is 34.6. The molecule has 0 saturated heterocycles. The predicted molar refractivity (Wildman–Crippen MR) is 258 cm³/mol. The highest BCUT2D eigenvalue weighted by Crippen LogP contribution is 2.51. The zero-order valence-electron chi connectivity index (χ0n) is 32.9. The normalized spacial score (nSPS) is 16.3. The summed E-state index contributed by atoms with van der Waals surface area (Å²) in [5.41, 5.74) is 10.9. The summed E-state index contributed by atoms with van der Waals surface area (Å²) in [7, 11) is 0. The molecule has 59 heavy (non-hydrogen) atoms. The third kappa shape index (κ3) is 5.75. The molecule has 1 heterocycles. The molecular weight excluding hydrogens is 729 g/mol. The van der Waals surface area contributed by atoms with E-state index < -0.39 is 0 Å². The smallest absolute Gasteiger partial charge is 0.0379 e. The number of benzene rings is 9. The lowest BCUT2D eigenvalue weighted by Gasteiger charge is -2.21. The van der Waals surface area contributed by atoms with Crippen molar-refractivity contribution in [1.82, 2.24) is 0 Å². The van der Waals surface area contributed by atoms with Crippen LogP contribution in [-0.2, 0) is 0 Å². The van der Waals surface area contributed by atoms with E-state index >= 15 is 0 Å². The summed E-state index contributed by atoms with van der Waals surface area (Å²) in [5, 5.41) is 16.2. The van der Waals surface area contributed by atoms with Crippen LogP contribution in [0.2, 0.25) is 0 Å². The van der Waals surface area contributed by atoms with Crippen molar-refractivity contribution < 1.29 is 0 Å². The molecule has 0 spiro atoms. The Bertz CT molecular complexity index is 3450. The van der Waals surface area contributed by atoms with E-state index in [9.17, 15) is 0 Å². The highest BCUT2D eigenvalue weighted by atomic mass is 32.2. The zero-order chi connectivity index (χ0) is 38.9. The van der Waals surface area contributed by atoms with Crippen LogP contribution in [0.15, 0.2) is 176 Å². The van der Waals surface area contributed by atoms with Gasteiger partial charge in [0.15, 0.2) is 0 Å². The first-order valence-electron chi connectivity index (χ1n) is 21.2. The fourth-order valence-corrected chi connectivity index (χ4v) is 11.6. The van der Waals surface area contributed by atoms with Crippen LogP contribution in [0.25, 0.3) is 98.7 Å². The van der Waals surface area contributed by atoms with E-state index in [1.165, 1.54) is 114 Å². The van der Waals surface area contributed by atoms with Crippen LogP contribution in [-0.4, -0.2) is 0 Å². The van der Waals surface area contributed by atoms with E-state index in [4.69, 9.17) is 0 Å². The van der Waals surface area contributed by atoms with Crippen LogP contribution in [0, 0.1) is 0 Å². The lowest BCUT2D eigenvalue weighted by atomic mass is 9.84. The van der Waals surface area contributed by atoms with Gasteiger partial charge in [-0.3, -0.25) is 0 Å². The molecule has 9 aromatic rings. The lowest BCUT2D eigenvalue weighted by molar-refractivity contribution is 0.994. The van der Waals surface area contributed by atoms with Gasteiger partial charge in [0.1, 0.15) is 0 Å². The first-order valence-corrected chi connectivity index (χ1v) is 22.1. The minimum absolute atomic E-state index is 0.322. The van der Waals surface area contributed by atoms with E-state index in [1.807, 2.05) is 0 Å². The van der Waals surface area contributed by atoms with Crippen LogP contribution in [0.1, 0.15) is 54.0 Å². The summed E-state index contributed by atoms with van der Waals surface area (Å²) in [6.45, 7) is 0. The number of fused-ring (bicyclic) bond motifs is 6. The fraction of sp³-hybridized carbons (Fsp3) is 0.103. The molecule has 12 rings (SSSR count). The summed E-state index contributed by atoms with van der Waals surface area (Å²) in [6, 6.07) is 57.2. The van der Waals surface area contributed by atoms with Crippen molar-refractivity contribution in [3.05, 3.63) is 203 Å². The number of rotatable bonds is 5. The van der Waals surface area contributed by atoms with E-state index in [2.05, 4.69) is 200 Å². The van der Waals surface area contributed by atoms with E-state index in [-0.39, 0.29) is 0 Å². The van der Waals surface area contributed by atoms with Crippen molar-refractivity contribution in [3.8, 4) is 22.3 Å².